The number of carbonyl (C=O) groups is 2. The van der Waals surface area contributed by atoms with Gasteiger partial charge in [-0.3, -0.25) is 0 Å². The van der Waals surface area contributed by atoms with Crippen LogP contribution < -0.4 is 19.7 Å². The summed E-state index contributed by atoms with van der Waals surface area (Å²) in [5.41, 5.74) is 1.52. The number of methoxy groups -OCH3 is 1. The molecule has 0 spiro atoms. The maximum Gasteiger partial charge on any atom is 0.162 e. The zero-order valence-corrected chi connectivity index (χ0v) is 16.7. The molecule has 0 aliphatic carbocycles. The summed E-state index contributed by atoms with van der Waals surface area (Å²) in [6.07, 6.45) is -1.17. The third kappa shape index (κ3) is 3.73. The van der Waals surface area contributed by atoms with Gasteiger partial charge in [0.05, 0.1) is 30.3 Å². The van der Waals surface area contributed by atoms with Crippen molar-refractivity contribution in [1.82, 2.24) is 4.98 Å². The summed E-state index contributed by atoms with van der Waals surface area (Å²) in [7, 11) is 1.42. The molecule has 4 aromatic rings. The number of carboxylic acids is 2. The number of fused-ring (bicyclic) bond motifs is 3. The molecule has 7 nitrogen and oxygen atoms in total. The monoisotopic (exact) mass is 415 g/mol. The summed E-state index contributed by atoms with van der Waals surface area (Å²) in [5.74, 6) is -2.16. The number of carbonyl (C=O) groups excluding carboxylic acids is 2. The van der Waals surface area contributed by atoms with Crippen molar-refractivity contribution >= 4 is 33.6 Å². The number of ether oxygens (including phenoxy) is 2. The fourth-order valence-corrected chi connectivity index (χ4v) is 3.48. The molecule has 0 aliphatic rings. The summed E-state index contributed by atoms with van der Waals surface area (Å²) in [6.45, 7) is 1.35. The summed E-state index contributed by atoms with van der Waals surface area (Å²) in [4.78, 5) is 27.6. The number of aliphatic carboxylic acids is 1. The maximum absolute atomic E-state index is 12.0. The molecule has 31 heavy (non-hydrogen) atoms. The third-order valence-electron chi connectivity index (χ3n) is 5.01. The molecule has 4 rings (SSSR count). The Bertz CT molecular complexity index is 1330. The fraction of sp³-hybridized carbons (Fsp3) is 0.125. The molecule has 1 aromatic heterocycles. The van der Waals surface area contributed by atoms with E-state index in [9.17, 15) is 19.8 Å². The van der Waals surface area contributed by atoms with Crippen molar-refractivity contribution in [3.63, 3.8) is 0 Å². The Morgan fingerprint density at radius 1 is 0.968 bits per heavy atom. The lowest BCUT2D eigenvalue weighted by atomic mass is 9.98. The minimum atomic E-state index is -1.35. The average molecular weight is 415 g/mol. The smallest absolute Gasteiger partial charge is 0.162 e. The van der Waals surface area contributed by atoms with Gasteiger partial charge in [0.25, 0.3) is 0 Å². The van der Waals surface area contributed by atoms with E-state index in [2.05, 4.69) is 4.98 Å². The molecule has 0 bridgehead atoms. The van der Waals surface area contributed by atoms with Gasteiger partial charge in [-0.05, 0) is 48.0 Å². The number of aromatic carboxylic acids is 1. The van der Waals surface area contributed by atoms with Crippen molar-refractivity contribution in [3.8, 4) is 22.8 Å². The van der Waals surface area contributed by atoms with Gasteiger partial charge in [-0.25, -0.2) is 4.98 Å². The van der Waals surface area contributed by atoms with Crippen LogP contribution in [0.1, 0.15) is 17.3 Å². The normalized spacial score (nSPS) is 11.9. The zero-order chi connectivity index (χ0) is 22.1. The van der Waals surface area contributed by atoms with Gasteiger partial charge < -0.3 is 29.3 Å². The van der Waals surface area contributed by atoms with Crippen molar-refractivity contribution in [1.29, 1.82) is 0 Å². The minimum absolute atomic E-state index is 0.0293. The van der Waals surface area contributed by atoms with Gasteiger partial charge in [-0.15, -0.1) is 0 Å². The number of hydrogen-bond donors (Lipinski definition) is 0. The van der Waals surface area contributed by atoms with Crippen LogP contribution in [0.25, 0.3) is 32.9 Å². The van der Waals surface area contributed by atoms with Crippen LogP contribution in [-0.2, 0) is 4.79 Å². The number of benzene rings is 3. The highest BCUT2D eigenvalue weighted by molar-refractivity contribution is 6.15. The molecule has 1 atom stereocenters. The summed E-state index contributed by atoms with van der Waals surface area (Å²) in [5, 5.41) is 25.1. The van der Waals surface area contributed by atoms with E-state index in [0.29, 0.717) is 22.2 Å². The molecule has 7 heteroatoms. The molecule has 0 unspecified atom stereocenters. The van der Waals surface area contributed by atoms with Crippen LogP contribution in [0.3, 0.4) is 0 Å². The van der Waals surface area contributed by atoms with E-state index < -0.39 is 18.0 Å². The van der Waals surface area contributed by atoms with E-state index in [1.54, 1.807) is 24.3 Å². The highest BCUT2D eigenvalue weighted by Crippen LogP contribution is 2.35. The van der Waals surface area contributed by atoms with Crippen molar-refractivity contribution < 1.29 is 29.3 Å². The minimum Gasteiger partial charge on any atom is -0.546 e. The number of aromatic nitrogens is 1. The first-order valence-electron chi connectivity index (χ1n) is 9.49. The fourth-order valence-electron chi connectivity index (χ4n) is 3.48. The molecule has 0 aliphatic heterocycles. The molecule has 0 saturated heterocycles. The Balaban J connectivity index is 1.87. The number of nitrogens with zero attached hydrogens (tertiary/aromatic N) is 1. The summed E-state index contributed by atoms with van der Waals surface area (Å²) >= 11 is 0. The molecule has 0 amide bonds. The predicted octanol–water partition coefficient (Wildman–Crippen LogP) is 1.94. The van der Waals surface area contributed by atoms with Crippen LogP contribution in [-0.4, -0.2) is 30.1 Å². The second kappa shape index (κ2) is 7.95. The van der Waals surface area contributed by atoms with Gasteiger partial charge in [0, 0.05) is 16.5 Å². The van der Waals surface area contributed by atoms with Gasteiger partial charge in [0.1, 0.15) is 6.10 Å². The molecule has 156 valence electrons. The van der Waals surface area contributed by atoms with Crippen LogP contribution >= 0.6 is 0 Å². The Morgan fingerprint density at radius 2 is 1.74 bits per heavy atom. The molecule has 0 radical (unpaired) electrons. The molecular formula is C24H17NO6-2. The van der Waals surface area contributed by atoms with E-state index in [1.165, 1.54) is 20.1 Å². The quantitative estimate of drug-likeness (QED) is 0.443. The largest absolute Gasteiger partial charge is 0.546 e. The molecule has 3 aromatic carbocycles. The molecule has 0 saturated carbocycles. The molecule has 0 N–H and O–H groups in total. The first-order chi connectivity index (χ1) is 14.9. The van der Waals surface area contributed by atoms with Crippen LogP contribution in [0.15, 0.2) is 60.7 Å². The number of pyridine rings is 1. The van der Waals surface area contributed by atoms with E-state index in [0.717, 1.165) is 10.8 Å². The van der Waals surface area contributed by atoms with Crippen molar-refractivity contribution in [2.45, 2.75) is 13.0 Å². The Kier molecular flexibility index (Phi) is 5.17. The zero-order valence-electron chi connectivity index (χ0n) is 16.7. The van der Waals surface area contributed by atoms with Gasteiger partial charge in [-0.2, -0.15) is 0 Å². The maximum atomic E-state index is 12.0. The lowest BCUT2D eigenvalue weighted by Gasteiger charge is -2.18. The van der Waals surface area contributed by atoms with Crippen LogP contribution in [0.5, 0.6) is 11.5 Å². The third-order valence-corrected chi connectivity index (χ3v) is 5.01. The van der Waals surface area contributed by atoms with E-state index >= 15 is 0 Å². The second-order valence-corrected chi connectivity index (χ2v) is 6.97. The van der Waals surface area contributed by atoms with Crippen molar-refractivity contribution in [3.05, 3.63) is 66.2 Å². The predicted molar refractivity (Wildman–Crippen MR) is 111 cm³/mol. The highest BCUT2D eigenvalue weighted by atomic mass is 16.5. The SMILES string of the molecule is COc1cc(-c2cc(C(=O)[O-])c3c(ccc4ccccc43)n2)ccc1O[C@@H](C)C(=O)[O-]. The van der Waals surface area contributed by atoms with Crippen molar-refractivity contribution in [2.24, 2.45) is 0 Å². The van der Waals surface area contributed by atoms with E-state index in [1.807, 2.05) is 30.3 Å². The summed E-state index contributed by atoms with van der Waals surface area (Å²) < 4.78 is 10.7. The lowest BCUT2D eigenvalue weighted by Crippen LogP contribution is -2.37. The van der Waals surface area contributed by atoms with Crippen LogP contribution in [0, 0.1) is 0 Å². The number of rotatable bonds is 6. The van der Waals surface area contributed by atoms with Crippen LogP contribution in [0.2, 0.25) is 0 Å². The molecular weight excluding hydrogens is 398 g/mol. The first-order valence-corrected chi connectivity index (χ1v) is 9.49. The standard InChI is InChI=1S/C24H19NO6/c1-13(23(26)27)31-20-10-8-15(11-21(20)30-2)19-12-17(24(28)29)22-16-6-4-3-5-14(16)7-9-18(22)25-19/h3-13H,1-2H3,(H,26,27)(H,28,29)/p-2/t13-/m0/s1. The number of hydrogen-bond acceptors (Lipinski definition) is 7. The van der Waals surface area contributed by atoms with Gasteiger partial charge in [0.15, 0.2) is 11.5 Å². The van der Waals surface area contributed by atoms with Crippen LogP contribution in [0.4, 0.5) is 0 Å². The van der Waals surface area contributed by atoms with Gasteiger partial charge in [-0.1, -0.05) is 30.3 Å². The lowest BCUT2D eigenvalue weighted by molar-refractivity contribution is -0.312. The number of carboxylic acid groups (broad SMARTS) is 2. The van der Waals surface area contributed by atoms with Crippen molar-refractivity contribution in [2.75, 3.05) is 7.11 Å². The average Bonchev–Trinajstić information content (AvgIpc) is 2.78. The topological polar surface area (TPSA) is 112 Å². The highest BCUT2D eigenvalue weighted by Gasteiger charge is 2.15. The van der Waals surface area contributed by atoms with Gasteiger partial charge >= 0.3 is 0 Å². The van der Waals surface area contributed by atoms with E-state index in [-0.39, 0.29) is 17.1 Å². The Morgan fingerprint density at radius 3 is 2.45 bits per heavy atom. The second-order valence-electron chi connectivity index (χ2n) is 6.97. The summed E-state index contributed by atoms with van der Waals surface area (Å²) in [6, 6.07) is 17.4. The first kappa shape index (κ1) is 20.2. The van der Waals surface area contributed by atoms with E-state index in [4.69, 9.17) is 9.47 Å². The Hall–Kier alpha value is -4.13. The molecule has 1 heterocycles. The van der Waals surface area contributed by atoms with Gasteiger partial charge in [0.2, 0.25) is 0 Å². The Labute approximate surface area is 177 Å². The molecule has 0 fully saturated rings.